The molecule has 0 radical (unpaired) electrons. The minimum absolute atomic E-state index is 0.194. The number of likely N-dealkylation sites (N-methyl/N-ethyl adjacent to an activating group) is 1. The van der Waals surface area contributed by atoms with Gasteiger partial charge in [-0.15, -0.1) is 0 Å². The van der Waals surface area contributed by atoms with Gasteiger partial charge in [-0.05, 0) is 33.2 Å². The Morgan fingerprint density at radius 2 is 2.05 bits per heavy atom. The number of aromatic nitrogens is 1. The van der Waals surface area contributed by atoms with Crippen LogP contribution in [-0.4, -0.2) is 47.8 Å². The molecule has 0 aliphatic rings. The number of pyridine rings is 1. The number of carboxylic acid groups (broad SMARTS) is 1. The lowest BCUT2D eigenvalue weighted by molar-refractivity contribution is 0.0694. The van der Waals surface area contributed by atoms with Crippen molar-refractivity contribution >= 4 is 16.9 Å². The third-order valence-electron chi connectivity index (χ3n) is 3.68. The number of ether oxygens (including phenoxy) is 1. The van der Waals surface area contributed by atoms with Crippen LogP contribution in [0, 0.1) is 6.92 Å². The fourth-order valence-electron chi connectivity index (χ4n) is 2.39. The Labute approximate surface area is 128 Å². The van der Waals surface area contributed by atoms with Gasteiger partial charge < -0.3 is 19.3 Å². The third-order valence-corrected chi connectivity index (χ3v) is 3.68. The first-order chi connectivity index (χ1) is 10.3. The lowest BCUT2D eigenvalue weighted by Gasteiger charge is -2.17. The van der Waals surface area contributed by atoms with Gasteiger partial charge in [0.1, 0.15) is 17.9 Å². The number of benzene rings is 1. The normalized spacial score (nSPS) is 11.1. The second kappa shape index (κ2) is 6.19. The van der Waals surface area contributed by atoms with Crippen molar-refractivity contribution in [2.75, 3.05) is 27.2 Å². The number of rotatable bonds is 5. The number of para-hydroxylation sites is 1. The molecule has 2 aromatic rings. The summed E-state index contributed by atoms with van der Waals surface area (Å²) in [4.78, 5) is 25.7. The molecule has 1 aromatic carbocycles. The Kier molecular flexibility index (Phi) is 4.51. The van der Waals surface area contributed by atoms with Gasteiger partial charge in [-0.1, -0.05) is 6.07 Å². The van der Waals surface area contributed by atoms with Gasteiger partial charge in [-0.2, -0.15) is 0 Å². The highest BCUT2D eigenvalue weighted by Gasteiger charge is 2.19. The van der Waals surface area contributed by atoms with Gasteiger partial charge >= 0.3 is 5.97 Å². The van der Waals surface area contributed by atoms with E-state index in [1.807, 2.05) is 19.0 Å². The van der Waals surface area contributed by atoms with Gasteiger partial charge in [-0.25, -0.2) is 4.79 Å². The third kappa shape index (κ3) is 2.82. The summed E-state index contributed by atoms with van der Waals surface area (Å²) in [6.07, 6.45) is 0. The minimum Gasteiger partial charge on any atom is -0.490 e. The van der Waals surface area contributed by atoms with Crippen LogP contribution in [0.2, 0.25) is 0 Å². The van der Waals surface area contributed by atoms with Crippen molar-refractivity contribution in [2.45, 2.75) is 6.92 Å². The van der Waals surface area contributed by atoms with E-state index in [1.165, 1.54) is 0 Å². The molecule has 2 rings (SSSR count). The Bertz CT molecular complexity index is 778. The maximum absolute atomic E-state index is 12.4. The van der Waals surface area contributed by atoms with Crippen molar-refractivity contribution in [2.24, 2.45) is 7.05 Å². The van der Waals surface area contributed by atoms with Crippen LogP contribution in [0.4, 0.5) is 0 Å². The predicted molar refractivity (Wildman–Crippen MR) is 84.9 cm³/mol. The van der Waals surface area contributed by atoms with Gasteiger partial charge in [0, 0.05) is 19.3 Å². The smallest absolute Gasteiger partial charge is 0.341 e. The van der Waals surface area contributed by atoms with E-state index >= 15 is 0 Å². The summed E-state index contributed by atoms with van der Waals surface area (Å²) in [6, 6.07) is 5.12. The average Bonchev–Trinajstić information content (AvgIpc) is 2.44. The molecule has 6 nitrogen and oxygen atoms in total. The molecule has 0 saturated carbocycles. The van der Waals surface area contributed by atoms with E-state index < -0.39 is 11.4 Å². The molecule has 1 aromatic heterocycles. The van der Waals surface area contributed by atoms with Crippen molar-refractivity contribution in [3.8, 4) is 5.75 Å². The lowest BCUT2D eigenvalue weighted by atomic mass is 10.1. The molecule has 0 amide bonds. The highest BCUT2D eigenvalue weighted by atomic mass is 16.5. The number of nitrogens with zero attached hydrogens (tertiary/aromatic N) is 2. The van der Waals surface area contributed by atoms with Crippen LogP contribution in [0.3, 0.4) is 0 Å². The number of carboxylic acids is 1. The van der Waals surface area contributed by atoms with Crippen molar-refractivity contribution in [3.63, 3.8) is 0 Å². The zero-order valence-electron chi connectivity index (χ0n) is 13.2. The van der Waals surface area contributed by atoms with Gasteiger partial charge in [-0.3, -0.25) is 4.79 Å². The van der Waals surface area contributed by atoms with E-state index in [-0.39, 0.29) is 5.56 Å². The number of hydrogen-bond donors (Lipinski definition) is 1. The zero-order valence-corrected chi connectivity index (χ0v) is 13.2. The molecule has 0 unspecified atom stereocenters. The summed E-state index contributed by atoms with van der Waals surface area (Å²) in [5.74, 6) is -0.627. The Balaban J connectivity index is 2.63. The average molecular weight is 304 g/mol. The van der Waals surface area contributed by atoms with E-state index in [2.05, 4.69) is 0 Å². The van der Waals surface area contributed by atoms with Crippen molar-refractivity contribution in [3.05, 3.63) is 39.7 Å². The molecule has 0 aliphatic heterocycles. The summed E-state index contributed by atoms with van der Waals surface area (Å²) in [7, 11) is 5.64. The molecule has 22 heavy (non-hydrogen) atoms. The largest absolute Gasteiger partial charge is 0.490 e. The number of hydrogen-bond acceptors (Lipinski definition) is 4. The fourth-order valence-corrected chi connectivity index (χ4v) is 2.39. The van der Waals surface area contributed by atoms with E-state index in [9.17, 15) is 14.7 Å². The Morgan fingerprint density at radius 3 is 2.64 bits per heavy atom. The monoisotopic (exact) mass is 304 g/mol. The number of aryl methyl sites for hydroxylation is 1. The van der Waals surface area contributed by atoms with Gasteiger partial charge in [0.2, 0.25) is 5.43 Å². The molecule has 0 bridgehead atoms. The highest BCUT2D eigenvalue weighted by molar-refractivity contribution is 5.95. The highest BCUT2D eigenvalue weighted by Crippen LogP contribution is 2.25. The molecule has 1 N–H and O–H groups in total. The topological polar surface area (TPSA) is 71.8 Å². The molecular weight excluding hydrogens is 284 g/mol. The van der Waals surface area contributed by atoms with Crippen LogP contribution < -0.4 is 10.2 Å². The van der Waals surface area contributed by atoms with E-state index in [4.69, 9.17) is 4.74 Å². The second-order valence-corrected chi connectivity index (χ2v) is 5.46. The molecule has 1 heterocycles. The van der Waals surface area contributed by atoms with Gasteiger partial charge in [0.05, 0.1) is 10.9 Å². The van der Waals surface area contributed by atoms with Crippen molar-refractivity contribution in [1.82, 2.24) is 9.47 Å². The molecule has 0 spiro atoms. The minimum atomic E-state index is -1.21. The predicted octanol–water partition coefficient (Wildman–Crippen LogP) is 1.49. The van der Waals surface area contributed by atoms with Gasteiger partial charge in [0.15, 0.2) is 0 Å². The van der Waals surface area contributed by atoms with Crippen molar-refractivity contribution < 1.29 is 14.6 Å². The van der Waals surface area contributed by atoms with Crippen LogP contribution in [-0.2, 0) is 7.05 Å². The number of aromatic carboxylic acids is 1. The lowest BCUT2D eigenvalue weighted by Crippen LogP contribution is -2.23. The maximum atomic E-state index is 12.4. The molecule has 0 atom stereocenters. The van der Waals surface area contributed by atoms with E-state index in [0.717, 1.165) is 6.54 Å². The molecule has 0 fully saturated rings. The van der Waals surface area contributed by atoms with Crippen LogP contribution in [0.1, 0.15) is 16.1 Å². The molecule has 6 heteroatoms. The number of carbonyl (C=O) groups is 1. The van der Waals surface area contributed by atoms with Crippen LogP contribution in [0.15, 0.2) is 23.0 Å². The molecule has 0 saturated heterocycles. The van der Waals surface area contributed by atoms with Crippen LogP contribution in [0.25, 0.3) is 10.9 Å². The number of fused-ring (bicyclic) bond motifs is 1. The quantitative estimate of drug-likeness (QED) is 0.906. The maximum Gasteiger partial charge on any atom is 0.341 e. The first kappa shape index (κ1) is 16.0. The molecule has 0 aliphatic carbocycles. The molecule has 118 valence electrons. The SMILES string of the molecule is Cc1c(C(=O)O)c(=O)c2cccc(OCCN(C)C)c2n1C. The Hall–Kier alpha value is -2.34. The zero-order chi connectivity index (χ0) is 16.4. The fraction of sp³-hybridized carbons (Fsp3) is 0.375. The molecular formula is C16H20N2O4. The van der Waals surface area contributed by atoms with Crippen molar-refractivity contribution in [1.29, 1.82) is 0 Å². The summed E-state index contributed by atoms with van der Waals surface area (Å²) in [6.45, 7) is 2.86. The first-order valence-electron chi connectivity index (χ1n) is 6.97. The second-order valence-electron chi connectivity index (χ2n) is 5.46. The summed E-state index contributed by atoms with van der Waals surface area (Å²) in [5.41, 5.74) is 0.360. The van der Waals surface area contributed by atoms with Gasteiger partial charge in [0.25, 0.3) is 0 Å². The summed E-state index contributed by atoms with van der Waals surface area (Å²) in [5, 5.41) is 9.61. The Morgan fingerprint density at radius 1 is 1.36 bits per heavy atom. The van der Waals surface area contributed by atoms with E-state index in [0.29, 0.717) is 29.0 Å². The van der Waals surface area contributed by atoms with Crippen LogP contribution in [0.5, 0.6) is 5.75 Å². The van der Waals surface area contributed by atoms with Crippen LogP contribution >= 0.6 is 0 Å². The first-order valence-corrected chi connectivity index (χ1v) is 6.97. The summed E-state index contributed by atoms with van der Waals surface area (Å²) < 4.78 is 7.47. The summed E-state index contributed by atoms with van der Waals surface area (Å²) >= 11 is 0. The van der Waals surface area contributed by atoms with E-state index in [1.54, 1.807) is 36.7 Å². The standard InChI is InChI=1S/C16H20N2O4/c1-10-13(16(20)21)15(19)11-6-5-7-12(14(11)18(10)4)22-9-8-17(2)3/h5-7H,8-9H2,1-4H3,(H,20,21).